The molecule has 2 aliphatic rings. The first-order valence-electron chi connectivity index (χ1n) is 18.3. The zero-order chi connectivity index (χ0) is 40.5. The van der Waals surface area contributed by atoms with Crippen LogP contribution in [0.1, 0.15) is 79.1 Å². The molecule has 14 nitrogen and oxygen atoms in total. The van der Waals surface area contributed by atoms with E-state index in [4.69, 9.17) is 24.1 Å². The highest BCUT2D eigenvalue weighted by atomic mass is 32.2. The molecule has 18 heteroatoms. The van der Waals surface area contributed by atoms with Crippen molar-refractivity contribution in [1.82, 2.24) is 23.9 Å². The number of carboxylic acid groups (broad SMARTS) is 1. The van der Waals surface area contributed by atoms with Crippen molar-refractivity contribution in [2.75, 3.05) is 46.2 Å². The van der Waals surface area contributed by atoms with Gasteiger partial charge in [-0.15, -0.1) is 10.2 Å². The van der Waals surface area contributed by atoms with Gasteiger partial charge in [0.15, 0.2) is 5.65 Å². The van der Waals surface area contributed by atoms with Gasteiger partial charge in [-0.2, -0.15) is 22.5 Å². The number of halogens is 3. The molecule has 1 aromatic carbocycles. The number of ether oxygens (including phenoxy) is 4. The predicted molar refractivity (Wildman–Crippen MR) is 195 cm³/mol. The number of pyridine rings is 2. The van der Waals surface area contributed by atoms with E-state index < -0.39 is 44.9 Å². The van der Waals surface area contributed by atoms with Gasteiger partial charge in [-0.1, -0.05) is 18.2 Å². The molecule has 2 N–H and O–H groups in total. The van der Waals surface area contributed by atoms with Crippen molar-refractivity contribution in [2.24, 2.45) is 5.41 Å². The van der Waals surface area contributed by atoms with E-state index in [1.165, 1.54) is 42.5 Å². The van der Waals surface area contributed by atoms with Crippen LogP contribution in [0.4, 0.5) is 13.2 Å². The number of hydrogen-bond donors (Lipinski definition) is 2. The van der Waals surface area contributed by atoms with Crippen LogP contribution in [0.25, 0.3) is 5.65 Å². The lowest BCUT2D eigenvalue weighted by molar-refractivity contribution is -0.147. The Hall–Kier alpha value is -4.36. The number of benzene rings is 1. The summed E-state index contributed by atoms with van der Waals surface area (Å²) in [5.74, 6) is -3.12. The molecule has 0 bridgehead atoms. The van der Waals surface area contributed by atoms with Crippen LogP contribution in [0.15, 0.2) is 47.5 Å². The molecule has 1 saturated heterocycles. The van der Waals surface area contributed by atoms with Crippen LogP contribution in [0.5, 0.6) is 11.8 Å². The standard InChI is InChI=1S/C38H46F3N5O9S/c1-24-7-8-26(31(36(3,4)35(48)49)28-11-14-46-32(25(28)2)43-44-34(46)38(39,40)41)21-27(24)22-45-23-37(12-19-53-20-13-37)55-33-29(56(45,50)51)9-10-30(42-33)54-18-6-17-52-16-5-15-47/h7-11,14,21,31,47H,5-6,12-13,15-20,22-23H2,1-4H3,(H,48,49)/t31-/m1/s1. The van der Waals surface area contributed by atoms with Gasteiger partial charge in [-0.05, 0) is 74.1 Å². The number of carboxylic acids is 1. The molecule has 0 radical (unpaired) electrons. The van der Waals surface area contributed by atoms with Gasteiger partial charge in [-0.25, -0.2) is 8.42 Å². The quantitative estimate of drug-likeness (QED) is 0.158. The minimum absolute atomic E-state index is 0.0195. The highest BCUT2D eigenvalue weighted by molar-refractivity contribution is 7.89. The third-order valence-electron chi connectivity index (χ3n) is 10.5. The average molecular weight is 806 g/mol. The van der Waals surface area contributed by atoms with E-state index in [1.807, 2.05) is 6.92 Å². The number of aryl methyl sites for hydroxylation is 2. The van der Waals surface area contributed by atoms with Crippen LogP contribution < -0.4 is 9.47 Å². The second-order valence-corrected chi connectivity index (χ2v) is 16.7. The number of aromatic nitrogens is 4. The summed E-state index contributed by atoms with van der Waals surface area (Å²) in [6.07, 6.45) is -1.69. The SMILES string of the molecule is Cc1ccc([C@H](c2ccn3c(C(F)(F)F)nnc3c2C)C(C)(C)C(=O)O)cc1CN1CC2(CCOCC2)Oc2nc(OCCCOCCCO)ccc2S1(=O)=O. The molecule has 56 heavy (non-hydrogen) atoms. The summed E-state index contributed by atoms with van der Waals surface area (Å²) >= 11 is 0. The largest absolute Gasteiger partial charge is 0.481 e. The lowest BCUT2D eigenvalue weighted by Gasteiger charge is -2.38. The summed E-state index contributed by atoms with van der Waals surface area (Å²) in [6.45, 7) is 8.20. The van der Waals surface area contributed by atoms with E-state index in [0.29, 0.717) is 74.4 Å². The van der Waals surface area contributed by atoms with Crippen molar-refractivity contribution in [3.63, 3.8) is 0 Å². The van der Waals surface area contributed by atoms with Crippen LogP contribution >= 0.6 is 0 Å². The fourth-order valence-corrected chi connectivity index (χ4v) is 8.78. The molecule has 304 valence electrons. The fraction of sp³-hybridized carbons (Fsp3) is 0.526. The van der Waals surface area contributed by atoms with Crippen molar-refractivity contribution in [1.29, 1.82) is 0 Å². The third-order valence-corrected chi connectivity index (χ3v) is 12.3. The average Bonchev–Trinajstić information content (AvgIpc) is 3.57. The second kappa shape index (κ2) is 16.2. The molecular weight excluding hydrogens is 760 g/mol. The lowest BCUT2D eigenvalue weighted by atomic mass is 9.70. The second-order valence-electron chi connectivity index (χ2n) is 14.8. The Kier molecular flexibility index (Phi) is 12.0. The molecule has 1 atom stereocenters. The monoisotopic (exact) mass is 805 g/mol. The van der Waals surface area contributed by atoms with Gasteiger partial charge in [0.05, 0.1) is 31.8 Å². The summed E-state index contributed by atoms with van der Waals surface area (Å²) in [5, 5.41) is 26.5. The van der Waals surface area contributed by atoms with Gasteiger partial charge < -0.3 is 29.2 Å². The molecule has 5 heterocycles. The van der Waals surface area contributed by atoms with E-state index in [9.17, 15) is 31.5 Å². The van der Waals surface area contributed by atoms with Crippen LogP contribution in [-0.2, 0) is 37.0 Å². The zero-order valence-electron chi connectivity index (χ0n) is 31.6. The number of aliphatic carboxylic acids is 1. The number of sulfonamides is 1. The maximum atomic E-state index is 14.5. The van der Waals surface area contributed by atoms with Gasteiger partial charge in [-0.3, -0.25) is 9.20 Å². The smallest absolute Gasteiger partial charge is 0.452 e. The molecule has 0 aliphatic carbocycles. The molecule has 4 aromatic rings. The van der Waals surface area contributed by atoms with Crippen LogP contribution in [-0.4, -0.2) is 100 Å². The van der Waals surface area contributed by atoms with Gasteiger partial charge in [0.1, 0.15) is 10.5 Å². The third kappa shape index (κ3) is 8.34. The number of fused-ring (bicyclic) bond motifs is 2. The van der Waals surface area contributed by atoms with Crippen molar-refractivity contribution in [2.45, 2.75) is 82.5 Å². The number of nitrogens with zero attached hydrogens (tertiary/aromatic N) is 5. The topological polar surface area (TPSA) is 175 Å². The maximum absolute atomic E-state index is 14.5. The first kappa shape index (κ1) is 41.3. The summed E-state index contributed by atoms with van der Waals surface area (Å²) in [4.78, 5) is 17.2. The number of aliphatic hydroxyl groups excluding tert-OH is 1. The van der Waals surface area contributed by atoms with Crippen LogP contribution in [0.2, 0.25) is 0 Å². The maximum Gasteiger partial charge on any atom is 0.452 e. The lowest BCUT2D eigenvalue weighted by Crippen LogP contribution is -2.50. The van der Waals surface area contributed by atoms with Crippen LogP contribution in [0.3, 0.4) is 0 Å². The molecular formula is C38H46F3N5O9S. The fourth-order valence-electron chi connectivity index (χ4n) is 7.24. The summed E-state index contributed by atoms with van der Waals surface area (Å²) in [7, 11) is -4.23. The highest BCUT2D eigenvalue weighted by Gasteiger charge is 2.46. The van der Waals surface area contributed by atoms with E-state index in [-0.39, 0.29) is 48.6 Å². The Morgan fingerprint density at radius 2 is 1.77 bits per heavy atom. The van der Waals surface area contributed by atoms with E-state index >= 15 is 0 Å². The first-order valence-corrected chi connectivity index (χ1v) is 19.8. The van der Waals surface area contributed by atoms with E-state index in [0.717, 1.165) is 9.96 Å². The van der Waals surface area contributed by atoms with Crippen molar-refractivity contribution >= 4 is 21.6 Å². The highest BCUT2D eigenvalue weighted by Crippen LogP contribution is 2.45. The van der Waals surface area contributed by atoms with Gasteiger partial charge >= 0.3 is 12.1 Å². The molecule has 1 spiro atoms. The molecule has 0 saturated carbocycles. The first-order chi connectivity index (χ1) is 26.5. The normalized spacial score (nSPS) is 17.6. The van der Waals surface area contributed by atoms with Gasteiger partial charge in [0.2, 0.25) is 27.6 Å². The molecule has 6 rings (SSSR count). The van der Waals surface area contributed by atoms with E-state index in [1.54, 1.807) is 25.1 Å². The minimum Gasteiger partial charge on any atom is -0.481 e. The number of rotatable bonds is 14. The number of hydrogen-bond acceptors (Lipinski definition) is 11. The number of alkyl halides is 3. The Morgan fingerprint density at radius 1 is 1.04 bits per heavy atom. The minimum atomic E-state index is -4.76. The Labute approximate surface area is 322 Å². The zero-order valence-corrected chi connectivity index (χ0v) is 32.5. The molecule has 1 fully saturated rings. The molecule has 3 aromatic heterocycles. The Balaban J connectivity index is 1.36. The van der Waals surface area contributed by atoms with Crippen LogP contribution in [0, 0.1) is 19.3 Å². The number of carbonyl (C=O) groups is 1. The molecule has 2 aliphatic heterocycles. The van der Waals surface area contributed by atoms with Crippen molar-refractivity contribution < 1.29 is 55.5 Å². The van der Waals surface area contributed by atoms with Gasteiger partial charge in [0.25, 0.3) is 0 Å². The summed E-state index contributed by atoms with van der Waals surface area (Å²) < 4.78 is 95.7. The molecule has 0 unspecified atom stereocenters. The Morgan fingerprint density at radius 3 is 2.46 bits per heavy atom. The van der Waals surface area contributed by atoms with Crippen molar-refractivity contribution in [3.8, 4) is 11.8 Å². The predicted octanol–water partition coefficient (Wildman–Crippen LogP) is 5.30. The number of aliphatic hydroxyl groups is 1. The summed E-state index contributed by atoms with van der Waals surface area (Å²) in [6, 6.07) is 9.65. The van der Waals surface area contributed by atoms with E-state index in [2.05, 4.69) is 15.2 Å². The summed E-state index contributed by atoms with van der Waals surface area (Å²) in [5.41, 5.74) is 0.107. The van der Waals surface area contributed by atoms with Crippen molar-refractivity contribution in [3.05, 3.63) is 76.2 Å². The molecule has 0 amide bonds. The Bertz CT molecular complexity index is 2170. The van der Waals surface area contributed by atoms with Gasteiger partial charge in [0, 0.05) is 63.8 Å².